The molecule has 0 atom stereocenters. The number of hydrogen-bond donors (Lipinski definition) is 2. The molecule has 2 N–H and O–H groups in total. The predicted octanol–water partition coefficient (Wildman–Crippen LogP) is 6.32. The van der Waals surface area contributed by atoms with Crippen molar-refractivity contribution >= 4 is 0 Å². The normalized spacial score (nSPS) is 11.7. The summed E-state index contributed by atoms with van der Waals surface area (Å²) in [6.07, 6.45) is 5.95. The van der Waals surface area contributed by atoms with Gasteiger partial charge in [-0.05, 0) is 42.0 Å². The van der Waals surface area contributed by atoms with Crippen molar-refractivity contribution in [3.8, 4) is 22.6 Å². The van der Waals surface area contributed by atoms with Gasteiger partial charge in [-0.3, -0.25) is 0 Å². The summed E-state index contributed by atoms with van der Waals surface area (Å²) >= 11 is 0. The number of hydrogen-bond acceptors (Lipinski definition) is 2. The molecular formula is C22H30O2. The smallest absolute Gasteiger partial charge is 0.127 e. The summed E-state index contributed by atoms with van der Waals surface area (Å²) in [6.45, 7) is 8.58. The summed E-state index contributed by atoms with van der Waals surface area (Å²) in [4.78, 5) is 0. The molecule has 2 aromatic carbocycles. The zero-order valence-corrected chi connectivity index (χ0v) is 15.4. The van der Waals surface area contributed by atoms with Gasteiger partial charge in [0.15, 0.2) is 0 Å². The van der Waals surface area contributed by atoms with Gasteiger partial charge < -0.3 is 10.2 Å². The SMILES string of the molecule is CCCCCCC(C)(C)c1cc(O)c(-c2cccc(C)c2)c(O)c1. The molecule has 0 aromatic heterocycles. The van der Waals surface area contributed by atoms with Crippen LogP contribution in [0.1, 0.15) is 64.0 Å². The van der Waals surface area contributed by atoms with Gasteiger partial charge in [0, 0.05) is 0 Å². The van der Waals surface area contributed by atoms with Crippen molar-refractivity contribution in [1.29, 1.82) is 0 Å². The largest absolute Gasteiger partial charge is 0.507 e. The summed E-state index contributed by atoms with van der Waals surface area (Å²) in [5.41, 5.74) is 3.40. The molecule has 2 aromatic rings. The lowest BCUT2D eigenvalue weighted by Crippen LogP contribution is -2.17. The van der Waals surface area contributed by atoms with E-state index in [1.165, 1.54) is 25.7 Å². The quantitative estimate of drug-likeness (QED) is 0.584. The van der Waals surface area contributed by atoms with Gasteiger partial charge >= 0.3 is 0 Å². The van der Waals surface area contributed by atoms with Gasteiger partial charge in [-0.2, -0.15) is 0 Å². The molecule has 0 bridgehead atoms. The summed E-state index contributed by atoms with van der Waals surface area (Å²) in [7, 11) is 0. The first-order chi connectivity index (χ1) is 11.3. The molecule has 0 heterocycles. The van der Waals surface area contributed by atoms with Crippen LogP contribution in [0.15, 0.2) is 36.4 Å². The van der Waals surface area contributed by atoms with Crippen LogP contribution in [0.3, 0.4) is 0 Å². The molecule has 0 aliphatic carbocycles. The van der Waals surface area contributed by atoms with E-state index in [2.05, 4.69) is 20.8 Å². The molecule has 130 valence electrons. The minimum atomic E-state index is -0.0617. The van der Waals surface area contributed by atoms with Crippen LogP contribution in [0.5, 0.6) is 11.5 Å². The molecule has 0 spiro atoms. The second kappa shape index (κ2) is 7.74. The van der Waals surface area contributed by atoms with Crippen LogP contribution in [0.2, 0.25) is 0 Å². The van der Waals surface area contributed by atoms with E-state index in [0.717, 1.165) is 23.1 Å². The highest BCUT2D eigenvalue weighted by Gasteiger charge is 2.23. The topological polar surface area (TPSA) is 40.5 Å². The van der Waals surface area contributed by atoms with Gasteiger partial charge in [0.25, 0.3) is 0 Å². The first-order valence-electron chi connectivity index (χ1n) is 8.98. The summed E-state index contributed by atoms with van der Waals surface area (Å²) in [6, 6.07) is 11.5. The molecule has 0 unspecified atom stereocenters. The van der Waals surface area contributed by atoms with Crippen LogP contribution in [-0.4, -0.2) is 10.2 Å². The van der Waals surface area contributed by atoms with E-state index in [1.54, 1.807) is 0 Å². The Morgan fingerprint density at radius 3 is 2.17 bits per heavy atom. The van der Waals surface area contributed by atoms with Crippen molar-refractivity contribution in [2.24, 2.45) is 0 Å². The Balaban J connectivity index is 2.29. The molecule has 0 radical (unpaired) electrons. The van der Waals surface area contributed by atoms with Crippen LogP contribution in [0, 0.1) is 6.92 Å². The lowest BCUT2D eigenvalue weighted by atomic mass is 9.79. The Hall–Kier alpha value is -1.96. The number of aryl methyl sites for hydroxylation is 1. The molecule has 0 fully saturated rings. The fraction of sp³-hybridized carbons (Fsp3) is 0.455. The van der Waals surface area contributed by atoms with Gasteiger partial charge in [-0.15, -0.1) is 0 Å². The highest BCUT2D eigenvalue weighted by Crippen LogP contribution is 2.42. The van der Waals surface area contributed by atoms with E-state index in [-0.39, 0.29) is 16.9 Å². The van der Waals surface area contributed by atoms with Gasteiger partial charge in [0.05, 0.1) is 5.56 Å². The van der Waals surface area contributed by atoms with Crippen LogP contribution in [0.25, 0.3) is 11.1 Å². The van der Waals surface area contributed by atoms with Gasteiger partial charge in [0.1, 0.15) is 11.5 Å². The Morgan fingerprint density at radius 2 is 1.58 bits per heavy atom. The fourth-order valence-electron chi connectivity index (χ4n) is 3.24. The van der Waals surface area contributed by atoms with E-state index in [0.29, 0.717) is 5.56 Å². The van der Waals surface area contributed by atoms with Crippen molar-refractivity contribution in [2.75, 3.05) is 0 Å². The average Bonchev–Trinajstić information content (AvgIpc) is 2.51. The lowest BCUT2D eigenvalue weighted by Gasteiger charge is -2.26. The molecule has 0 amide bonds. The Bertz CT molecular complexity index is 663. The summed E-state index contributed by atoms with van der Waals surface area (Å²) in [5, 5.41) is 21.1. The van der Waals surface area contributed by atoms with Crippen molar-refractivity contribution < 1.29 is 10.2 Å². The fourth-order valence-corrected chi connectivity index (χ4v) is 3.24. The van der Waals surface area contributed by atoms with Crippen molar-refractivity contribution in [3.05, 3.63) is 47.5 Å². The maximum atomic E-state index is 10.5. The van der Waals surface area contributed by atoms with Crippen LogP contribution < -0.4 is 0 Å². The Kier molecular flexibility index (Phi) is 5.93. The third-order valence-corrected chi connectivity index (χ3v) is 4.84. The number of phenols is 2. The van der Waals surface area contributed by atoms with Crippen LogP contribution in [-0.2, 0) is 5.41 Å². The third kappa shape index (κ3) is 4.31. The first-order valence-corrected chi connectivity index (χ1v) is 8.98. The molecular weight excluding hydrogens is 296 g/mol. The molecule has 0 aliphatic heterocycles. The molecule has 0 saturated heterocycles. The number of phenolic OH excluding ortho intramolecular Hbond substituents is 2. The van der Waals surface area contributed by atoms with Crippen molar-refractivity contribution in [2.45, 2.75) is 65.2 Å². The Labute approximate surface area is 146 Å². The molecule has 0 saturated carbocycles. The zero-order valence-electron chi connectivity index (χ0n) is 15.4. The summed E-state index contributed by atoms with van der Waals surface area (Å²) in [5.74, 6) is 0.300. The number of rotatable bonds is 7. The van der Waals surface area contributed by atoms with E-state index in [9.17, 15) is 10.2 Å². The van der Waals surface area contributed by atoms with E-state index in [1.807, 2.05) is 43.3 Å². The molecule has 2 heteroatoms. The van der Waals surface area contributed by atoms with E-state index >= 15 is 0 Å². The highest BCUT2D eigenvalue weighted by molar-refractivity contribution is 5.77. The number of benzene rings is 2. The van der Waals surface area contributed by atoms with Crippen molar-refractivity contribution in [1.82, 2.24) is 0 Å². The monoisotopic (exact) mass is 326 g/mol. The average molecular weight is 326 g/mol. The summed E-state index contributed by atoms with van der Waals surface area (Å²) < 4.78 is 0. The maximum absolute atomic E-state index is 10.5. The first kappa shape index (κ1) is 18.4. The zero-order chi connectivity index (χ0) is 17.7. The predicted molar refractivity (Wildman–Crippen MR) is 102 cm³/mol. The second-order valence-corrected chi connectivity index (χ2v) is 7.45. The van der Waals surface area contributed by atoms with E-state index < -0.39 is 0 Å². The molecule has 2 nitrogen and oxygen atoms in total. The third-order valence-electron chi connectivity index (χ3n) is 4.84. The second-order valence-electron chi connectivity index (χ2n) is 7.45. The number of aromatic hydroxyl groups is 2. The van der Waals surface area contributed by atoms with Crippen LogP contribution in [0.4, 0.5) is 0 Å². The Morgan fingerprint density at radius 1 is 0.917 bits per heavy atom. The van der Waals surface area contributed by atoms with Gasteiger partial charge in [-0.1, -0.05) is 76.3 Å². The van der Waals surface area contributed by atoms with Gasteiger partial charge in [0.2, 0.25) is 0 Å². The van der Waals surface area contributed by atoms with Gasteiger partial charge in [-0.25, -0.2) is 0 Å². The lowest BCUT2D eigenvalue weighted by molar-refractivity contribution is 0.425. The van der Waals surface area contributed by atoms with E-state index in [4.69, 9.17) is 0 Å². The van der Waals surface area contributed by atoms with Crippen LogP contribution >= 0.6 is 0 Å². The molecule has 0 aliphatic rings. The standard InChI is InChI=1S/C22H30O2/c1-5-6-7-8-12-22(3,4)18-14-19(23)21(20(24)15-18)17-11-9-10-16(2)13-17/h9-11,13-15,23-24H,5-8,12H2,1-4H3. The maximum Gasteiger partial charge on any atom is 0.127 e. The number of unbranched alkanes of at least 4 members (excludes halogenated alkanes) is 3. The molecule has 2 rings (SSSR count). The molecule has 24 heavy (non-hydrogen) atoms. The highest BCUT2D eigenvalue weighted by atomic mass is 16.3. The minimum absolute atomic E-state index is 0.0617. The minimum Gasteiger partial charge on any atom is -0.507 e. The van der Waals surface area contributed by atoms with Crippen molar-refractivity contribution in [3.63, 3.8) is 0 Å².